The van der Waals surface area contributed by atoms with E-state index in [-0.39, 0.29) is 5.91 Å². The van der Waals surface area contributed by atoms with E-state index >= 15 is 0 Å². The molecule has 3 rings (SSSR count). The number of carbonyl (C=O) groups is 1. The van der Waals surface area contributed by atoms with Crippen LogP contribution in [0.5, 0.6) is 0 Å². The Kier molecular flexibility index (Phi) is 5.83. The van der Waals surface area contributed by atoms with Crippen molar-refractivity contribution in [1.29, 1.82) is 0 Å². The second-order valence-electron chi connectivity index (χ2n) is 6.55. The molecule has 1 aromatic heterocycles. The second-order valence-corrected chi connectivity index (χ2v) is 6.55. The number of hydrogen-bond acceptors (Lipinski definition) is 4. The standard InChI is InChI=1S/C19H26N4O2/c20-15-19(7-12-25-13-8-19)18(24)22-14-17-21-9-11-23(17)10-6-16-4-2-1-3-5-16/h1-5,9,11H,6-8,10,12-15,20H2,(H,22,24). The molecule has 6 heteroatoms. The SMILES string of the molecule is NCC1(C(=O)NCc2nccn2CCc2ccccc2)CCOCC1. The van der Waals surface area contributed by atoms with Gasteiger partial charge in [0.15, 0.2) is 0 Å². The first-order chi connectivity index (χ1) is 12.2. The predicted octanol–water partition coefficient (Wildman–Crippen LogP) is 1.50. The van der Waals surface area contributed by atoms with Gasteiger partial charge in [-0.25, -0.2) is 4.98 Å². The second kappa shape index (κ2) is 8.27. The summed E-state index contributed by atoms with van der Waals surface area (Å²) in [5.74, 6) is 0.874. The topological polar surface area (TPSA) is 82.2 Å². The van der Waals surface area contributed by atoms with Crippen molar-refractivity contribution in [3.8, 4) is 0 Å². The number of ether oxygens (including phenoxy) is 1. The number of aryl methyl sites for hydroxylation is 2. The molecule has 3 N–H and O–H groups in total. The smallest absolute Gasteiger partial charge is 0.228 e. The molecule has 0 radical (unpaired) electrons. The summed E-state index contributed by atoms with van der Waals surface area (Å²) >= 11 is 0. The third-order valence-corrected chi connectivity index (χ3v) is 5.02. The van der Waals surface area contributed by atoms with Crippen molar-refractivity contribution in [2.75, 3.05) is 19.8 Å². The highest BCUT2D eigenvalue weighted by Gasteiger charge is 2.38. The molecular weight excluding hydrogens is 316 g/mol. The summed E-state index contributed by atoms with van der Waals surface area (Å²) in [7, 11) is 0. The zero-order valence-electron chi connectivity index (χ0n) is 14.5. The van der Waals surface area contributed by atoms with Crippen LogP contribution in [-0.2, 0) is 29.0 Å². The average molecular weight is 342 g/mol. The molecule has 0 saturated carbocycles. The number of rotatable bonds is 7. The van der Waals surface area contributed by atoms with Crippen molar-refractivity contribution in [2.24, 2.45) is 11.1 Å². The van der Waals surface area contributed by atoms with Crippen LogP contribution in [0.25, 0.3) is 0 Å². The Bertz CT molecular complexity index is 678. The first kappa shape index (κ1) is 17.6. The van der Waals surface area contributed by atoms with Crippen LogP contribution in [0.1, 0.15) is 24.2 Å². The Morgan fingerprint density at radius 2 is 2.04 bits per heavy atom. The molecule has 0 unspecified atom stereocenters. The number of benzene rings is 1. The number of nitrogens with one attached hydrogen (secondary N) is 1. The number of hydrogen-bond donors (Lipinski definition) is 2. The quantitative estimate of drug-likeness (QED) is 0.799. The maximum Gasteiger partial charge on any atom is 0.228 e. The van der Waals surface area contributed by atoms with Gasteiger partial charge in [0, 0.05) is 38.7 Å². The van der Waals surface area contributed by atoms with Crippen LogP contribution >= 0.6 is 0 Å². The molecule has 0 aliphatic carbocycles. The molecule has 1 aliphatic rings. The van der Waals surface area contributed by atoms with Crippen LogP contribution < -0.4 is 11.1 Å². The van der Waals surface area contributed by atoms with Gasteiger partial charge >= 0.3 is 0 Å². The highest BCUT2D eigenvalue weighted by atomic mass is 16.5. The maximum atomic E-state index is 12.7. The summed E-state index contributed by atoms with van der Waals surface area (Å²) < 4.78 is 7.46. The average Bonchev–Trinajstić information content (AvgIpc) is 3.13. The summed E-state index contributed by atoms with van der Waals surface area (Å²) in [6, 6.07) is 10.4. The van der Waals surface area contributed by atoms with Gasteiger partial charge < -0.3 is 20.4 Å². The van der Waals surface area contributed by atoms with Gasteiger partial charge in [-0.2, -0.15) is 0 Å². The zero-order chi connectivity index (χ0) is 17.5. The Balaban J connectivity index is 1.56. The maximum absolute atomic E-state index is 12.7. The van der Waals surface area contributed by atoms with Gasteiger partial charge in [0.25, 0.3) is 0 Å². The summed E-state index contributed by atoms with van der Waals surface area (Å²) in [5.41, 5.74) is 6.68. The fourth-order valence-electron chi connectivity index (χ4n) is 3.24. The molecule has 0 spiro atoms. The van der Waals surface area contributed by atoms with Crippen LogP contribution in [0.4, 0.5) is 0 Å². The zero-order valence-corrected chi connectivity index (χ0v) is 14.5. The van der Waals surface area contributed by atoms with E-state index in [9.17, 15) is 4.79 Å². The first-order valence-corrected chi connectivity index (χ1v) is 8.83. The molecule has 1 amide bonds. The molecule has 1 aromatic carbocycles. The summed E-state index contributed by atoms with van der Waals surface area (Å²) in [5, 5.41) is 3.03. The van der Waals surface area contributed by atoms with Gasteiger partial charge in [0.1, 0.15) is 5.82 Å². The van der Waals surface area contributed by atoms with Crippen molar-refractivity contribution in [1.82, 2.24) is 14.9 Å². The fourth-order valence-corrected chi connectivity index (χ4v) is 3.24. The largest absolute Gasteiger partial charge is 0.381 e. The summed E-state index contributed by atoms with van der Waals surface area (Å²) in [6.07, 6.45) is 6.02. The number of nitrogens with zero attached hydrogens (tertiary/aromatic N) is 2. The Hall–Kier alpha value is -2.18. The molecule has 0 atom stereocenters. The molecule has 0 bridgehead atoms. The number of carbonyl (C=O) groups excluding carboxylic acids is 1. The number of amides is 1. The molecule has 25 heavy (non-hydrogen) atoms. The third-order valence-electron chi connectivity index (χ3n) is 5.02. The molecule has 134 valence electrons. The minimum absolute atomic E-state index is 0.0101. The lowest BCUT2D eigenvalue weighted by molar-refractivity contribution is -0.136. The van der Waals surface area contributed by atoms with Crippen molar-refractivity contribution in [3.05, 3.63) is 54.1 Å². The lowest BCUT2D eigenvalue weighted by Gasteiger charge is -2.34. The molecule has 6 nitrogen and oxygen atoms in total. The van der Waals surface area contributed by atoms with E-state index in [2.05, 4.69) is 27.0 Å². The Morgan fingerprint density at radius 3 is 2.76 bits per heavy atom. The van der Waals surface area contributed by atoms with Gasteiger partial charge in [-0.1, -0.05) is 30.3 Å². The minimum Gasteiger partial charge on any atom is -0.381 e. The molecule has 1 aliphatic heterocycles. The Labute approximate surface area is 148 Å². The monoisotopic (exact) mass is 342 g/mol. The third kappa shape index (κ3) is 4.27. The lowest BCUT2D eigenvalue weighted by Crippen LogP contribution is -2.49. The number of aromatic nitrogens is 2. The molecular formula is C19H26N4O2. The van der Waals surface area contributed by atoms with E-state index in [0.29, 0.717) is 39.1 Å². The van der Waals surface area contributed by atoms with Crippen molar-refractivity contribution in [3.63, 3.8) is 0 Å². The lowest BCUT2D eigenvalue weighted by atomic mass is 9.79. The molecule has 2 heterocycles. The van der Waals surface area contributed by atoms with Crippen molar-refractivity contribution >= 4 is 5.91 Å². The van der Waals surface area contributed by atoms with E-state index in [1.807, 2.05) is 24.4 Å². The number of nitrogens with two attached hydrogens (primary N) is 1. The van der Waals surface area contributed by atoms with Crippen molar-refractivity contribution in [2.45, 2.75) is 32.4 Å². The summed E-state index contributed by atoms with van der Waals surface area (Å²) in [6.45, 7) is 2.80. The predicted molar refractivity (Wildman–Crippen MR) is 95.8 cm³/mol. The van der Waals surface area contributed by atoms with Gasteiger partial charge in [0.2, 0.25) is 5.91 Å². The van der Waals surface area contributed by atoms with E-state index in [0.717, 1.165) is 18.8 Å². The molecule has 1 fully saturated rings. The van der Waals surface area contributed by atoms with E-state index in [4.69, 9.17) is 10.5 Å². The number of imidazole rings is 1. The van der Waals surface area contributed by atoms with E-state index < -0.39 is 5.41 Å². The summed E-state index contributed by atoms with van der Waals surface area (Å²) in [4.78, 5) is 17.0. The van der Waals surface area contributed by atoms with Crippen LogP contribution in [0.2, 0.25) is 0 Å². The highest BCUT2D eigenvalue weighted by molar-refractivity contribution is 5.82. The van der Waals surface area contributed by atoms with Gasteiger partial charge in [-0.05, 0) is 24.8 Å². The fraction of sp³-hybridized carbons (Fsp3) is 0.474. The molecule has 2 aromatic rings. The van der Waals surface area contributed by atoms with Crippen LogP contribution in [0.3, 0.4) is 0 Å². The van der Waals surface area contributed by atoms with E-state index in [1.165, 1.54) is 5.56 Å². The van der Waals surface area contributed by atoms with Gasteiger partial charge in [-0.3, -0.25) is 4.79 Å². The minimum atomic E-state index is -0.500. The first-order valence-electron chi connectivity index (χ1n) is 8.83. The highest BCUT2D eigenvalue weighted by Crippen LogP contribution is 2.29. The van der Waals surface area contributed by atoms with Gasteiger partial charge in [0.05, 0.1) is 12.0 Å². The van der Waals surface area contributed by atoms with Gasteiger partial charge in [-0.15, -0.1) is 0 Å². The van der Waals surface area contributed by atoms with Crippen LogP contribution in [0.15, 0.2) is 42.7 Å². The normalized spacial score (nSPS) is 16.5. The Morgan fingerprint density at radius 1 is 1.28 bits per heavy atom. The van der Waals surface area contributed by atoms with Crippen LogP contribution in [0, 0.1) is 5.41 Å². The van der Waals surface area contributed by atoms with Crippen molar-refractivity contribution < 1.29 is 9.53 Å². The molecule has 1 saturated heterocycles. The van der Waals surface area contributed by atoms with Crippen LogP contribution in [-0.4, -0.2) is 35.2 Å². The van der Waals surface area contributed by atoms with E-state index in [1.54, 1.807) is 6.20 Å².